The summed E-state index contributed by atoms with van der Waals surface area (Å²) in [6.45, 7) is 4.94. The van der Waals surface area contributed by atoms with Gasteiger partial charge >= 0.3 is 6.03 Å². The van der Waals surface area contributed by atoms with E-state index in [4.69, 9.17) is 4.74 Å². The van der Waals surface area contributed by atoms with Crippen LogP contribution < -0.4 is 10.6 Å². The molecular formula is C25H43N5O4S. The molecule has 0 saturated heterocycles. The van der Waals surface area contributed by atoms with Gasteiger partial charge in [-0.05, 0) is 65.0 Å². The number of amides is 3. The second-order valence-corrected chi connectivity index (χ2v) is 11.8. The lowest BCUT2D eigenvalue weighted by Gasteiger charge is -2.40. The van der Waals surface area contributed by atoms with Crippen molar-refractivity contribution in [2.75, 3.05) is 26.4 Å². The lowest BCUT2D eigenvalue weighted by atomic mass is 9.88. The SMILES string of the molecule is CC(C)CCC(=O)C1OC(SCCN(C)C)=NN1C(=O)NC1(NC(=O)C2CCCC2)CCCCC1. The van der Waals surface area contributed by atoms with Crippen molar-refractivity contribution in [3.05, 3.63) is 0 Å². The summed E-state index contributed by atoms with van der Waals surface area (Å²) in [6.07, 6.45) is 8.20. The van der Waals surface area contributed by atoms with Crippen LogP contribution in [0.3, 0.4) is 0 Å². The molecule has 2 saturated carbocycles. The maximum atomic E-state index is 13.5. The molecule has 198 valence electrons. The fraction of sp³-hybridized carbons (Fsp3) is 0.840. The van der Waals surface area contributed by atoms with Gasteiger partial charge in [-0.3, -0.25) is 9.59 Å². The number of carbonyl (C=O) groups is 3. The van der Waals surface area contributed by atoms with Gasteiger partial charge in [-0.25, -0.2) is 4.79 Å². The van der Waals surface area contributed by atoms with Crippen LogP contribution in [0, 0.1) is 11.8 Å². The number of thioether (sulfide) groups is 1. The Kier molecular flexibility index (Phi) is 10.3. The van der Waals surface area contributed by atoms with Gasteiger partial charge in [0, 0.05) is 24.6 Å². The Labute approximate surface area is 214 Å². The van der Waals surface area contributed by atoms with Gasteiger partial charge in [-0.2, -0.15) is 5.01 Å². The maximum absolute atomic E-state index is 13.5. The summed E-state index contributed by atoms with van der Waals surface area (Å²) >= 11 is 1.39. The fourth-order valence-electron chi connectivity index (χ4n) is 4.82. The summed E-state index contributed by atoms with van der Waals surface area (Å²) < 4.78 is 5.88. The minimum absolute atomic E-state index is 0.0175. The number of nitrogens with zero attached hydrogens (tertiary/aromatic N) is 3. The molecule has 0 aromatic carbocycles. The van der Waals surface area contributed by atoms with E-state index in [1.54, 1.807) is 0 Å². The highest BCUT2D eigenvalue weighted by atomic mass is 32.2. The first-order valence-corrected chi connectivity index (χ1v) is 14.2. The molecule has 0 bridgehead atoms. The van der Waals surface area contributed by atoms with Gasteiger partial charge in [0.15, 0.2) is 5.78 Å². The van der Waals surface area contributed by atoms with Crippen molar-refractivity contribution in [2.45, 2.75) is 96.4 Å². The van der Waals surface area contributed by atoms with Crippen LogP contribution in [-0.2, 0) is 14.3 Å². The summed E-state index contributed by atoms with van der Waals surface area (Å²) in [7, 11) is 3.97. The van der Waals surface area contributed by atoms with Crippen molar-refractivity contribution in [1.29, 1.82) is 0 Å². The van der Waals surface area contributed by atoms with E-state index in [2.05, 4.69) is 34.5 Å². The highest BCUT2D eigenvalue weighted by Gasteiger charge is 2.43. The summed E-state index contributed by atoms with van der Waals surface area (Å²) in [5, 5.41) is 12.1. The molecule has 0 aromatic heterocycles. The van der Waals surface area contributed by atoms with Gasteiger partial charge in [0.05, 0.1) is 0 Å². The average molecular weight is 510 g/mol. The molecule has 3 aliphatic rings. The third kappa shape index (κ3) is 8.10. The van der Waals surface area contributed by atoms with Gasteiger partial charge in [0.1, 0.15) is 5.66 Å². The van der Waals surface area contributed by atoms with Crippen molar-refractivity contribution < 1.29 is 19.1 Å². The zero-order chi connectivity index (χ0) is 25.4. The van der Waals surface area contributed by atoms with Crippen LogP contribution in [0.2, 0.25) is 0 Å². The van der Waals surface area contributed by atoms with E-state index in [9.17, 15) is 14.4 Å². The van der Waals surface area contributed by atoms with E-state index in [-0.39, 0.29) is 17.6 Å². The lowest BCUT2D eigenvalue weighted by Crippen LogP contribution is -2.64. The van der Waals surface area contributed by atoms with Crippen molar-refractivity contribution in [1.82, 2.24) is 20.5 Å². The van der Waals surface area contributed by atoms with Gasteiger partial charge in [0.2, 0.25) is 5.91 Å². The molecule has 3 rings (SSSR count). The molecule has 0 spiro atoms. The molecule has 9 nitrogen and oxygen atoms in total. The maximum Gasteiger partial charge on any atom is 0.343 e. The van der Waals surface area contributed by atoms with Gasteiger partial charge in [-0.1, -0.05) is 44.9 Å². The van der Waals surface area contributed by atoms with Crippen LogP contribution in [0.1, 0.15) is 84.5 Å². The zero-order valence-electron chi connectivity index (χ0n) is 21.8. The molecule has 2 fully saturated rings. The minimum Gasteiger partial charge on any atom is -0.438 e. The van der Waals surface area contributed by atoms with Crippen LogP contribution >= 0.6 is 11.8 Å². The molecule has 1 aliphatic heterocycles. The molecule has 0 radical (unpaired) electrons. The van der Waals surface area contributed by atoms with Crippen LogP contribution in [0.15, 0.2) is 5.10 Å². The number of ether oxygens (including phenoxy) is 1. The number of carbonyl (C=O) groups excluding carboxylic acids is 3. The van der Waals surface area contributed by atoms with Crippen LogP contribution in [0.5, 0.6) is 0 Å². The minimum atomic E-state index is -1.07. The monoisotopic (exact) mass is 509 g/mol. The Morgan fingerprint density at radius 2 is 1.80 bits per heavy atom. The highest BCUT2D eigenvalue weighted by Crippen LogP contribution is 2.31. The van der Waals surface area contributed by atoms with Crippen molar-refractivity contribution in [3.8, 4) is 0 Å². The van der Waals surface area contributed by atoms with E-state index in [0.717, 1.165) is 68.7 Å². The Balaban J connectivity index is 1.72. The molecule has 35 heavy (non-hydrogen) atoms. The molecule has 1 atom stereocenters. The summed E-state index contributed by atoms with van der Waals surface area (Å²) in [4.78, 5) is 41.5. The number of urea groups is 1. The zero-order valence-corrected chi connectivity index (χ0v) is 22.6. The van der Waals surface area contributed by atoms with Crippen LogP contribution in [-0.4, -0.2) is 71.1 Å². The standard InChI is InChI=1S/C25H43N5O4S/c1-18(2)12-13-20(31)22-30(28-24(34-22)35-17-16-29(3)4)23(33)27-25(14-8-5-9-15-25)26-21(32)19-10-6-7-11-19/h18-19,22H,5-17H2,1-4H3,(H,26,32)(H,27,33). The van der Waals surface area contributed by atoms with Gasteiger partial charge < -0.3 is 20.3 Å². The normalized spacial score (nSPS) is 22.3. The number of hydrazone groups is 1. The number of ketones is 1. The quantitative estimate of drug-likeness (QED) is 0.433. The molecule has 3 amide bonds. The van der Waals surface area contributed by atoms with E-state index in [1.807, 2.05) is 14.1 Å². The number of hydrogen-bond donors (Lipinski definition) is 2. The molecule has 10 heteroatoms. The van der Waals surface area contributed by atoms with Crippen LogP contribution in [0.25, 0.3) is 0 Å². The largest absolute Gasteiger partial charge is 0.438 e. The van der Waals surface area contributed by atoms with Crippen molar-refractivity contribution in [2.24, 2.45) is 16.9 Å². The smallest absolute Gasteiger partial charge is 0.343 e. The van der Waals surface area contributed by atoms with Gasteiger partial charge in [0.25, 0.3) is 11.5 Å². The average Bonchev–Trinajstić information content (AvgIpc) is 3.48. The van der Waals surface area contributed by atoms with Crippen molar-refractivity contribution >= 4 is 34.7 Å². The summed E-state index contributed by atoms with van der Waals surface area (Å²) in [5.41, 5.74) is -0.809. The number of hydrogen-bond acceptors (Lipinski definition) is 7. The number of Topliss-reactive ketones (excluding diaryl/α,β-unsaturated/α-hetero) is 1. The van der Waals surface area contributed by atoms with E-state index in [0.29, 0.717) is 30.4 Å². The summed E-state index contributed by atoms with van der Waals surface area (Å²) in [5.74, 6) is 0.983. The molecular weight excluding hydrogens is 466 g/mol. The molecule has 2 aliphatic carbocycles. The predicted octanol–water partition coefficient (Wildman–Crippen LogP) is 3.89. The predicted molar refractivity (Wildman–Crippen MR) is 139 cm³/mol. The van der Waals surface area contributed by atoms with E-state index >= 15 is 0 Å². The second kappa shape index (κ2) is 12.9. The Morgan fingerprint density at radius 3 is 2.43 bits per heavy atom. The Hall–Kier alpha value is -1.81. The fourth-order valence-corrected chi connectivity index (χ4v) is 5.76. The van der Waals surface area contributed by atoms with Gasteiger partial charge in [-0.15, -0.1) is 5.10 Å². The Bertz CT molecular complexity index is 776. The third-order valence-corrected chi connectivity index (χ3v) is 7.79. The number of rotatable bonds is 10. The lowest BCUT2D eigenvalue weighted by molar-refractivity contribution is -0.131. The highest BCUT2D eigenvalue weighted by molar-refractivity contribution is 8.13. The molecule has 1 heterocycles. The molecule has 2 N–H and O–H groups in total. The topological polar surface area (TPSA) is 103 Å². The van der Waals surface area contributed by atoms with E-state index < -0.39 is 17.9 Å². The first-order chi connectivity index (χ1) is 16.7. The van der Waals surface area contributed by atoms with E-state index in [1.165, 1.54) is 11.8 Å². The molecule has 1 unspecified atom stereocenters. The first kappa shape index (κ1) is 27.8. The molecule has 0 aromatic rings. The second-order valence-electron chi connectivity index (χ2n) is 10.8. The number of nitrogens with one attached hydrogen (secondary N) is 2. The first-order valence-electron chi connectivity index (χ1n) is 13.2. The van der Waals surface area contributed by atoms with Crippen LogP contribution in [0.4, 0.5) is 4.79 Å². The summed E-state index contributed by atoms with van der Waals surface area (Å²) in [6, 6.07) is -0.496. The third-order valence-electron chi connectivity index (χ3n) is 6.98. The van der Waals surface area contributed by atoms with Crippen molar-refractivity contribution in [3.63, 3.8) is 0 Å². The Morgan fingerprint density at radius 1 is 1.11 bits per heavy atom.